The molecule has 0 aliphatic heterocycles. The average Bonchev–Trinajstić information content (AvgIpc) is 2.48. The molecule has 0 aliphatic carbocycles. The molecule has 5 heteroatoms. The van der Waals surface area contributed by atoms with E-state index in [1.807, 2.05) is 13.8 Å². The highest BCUT2D eigenvalue weighted by molar-refractivity contribution is 7.15. The predicted molar refractivity (Wildman–Crippen MR) is 57.0 cm³/mol. The molecule has 0 aliphatic rings. The minimum absolute atomic E-state index is 0.342. The molecule has 1 heterocycles. The summed E-state index contributed by atoms with van der Waals surface area (Å²) in [5.74, 6) is -0.342. The molecule has 0 unspecified atom stereocenters. The average molecular weight is 214 g/mol. The van der Waals surface area contributed by atoms with Gasteiger partial charge in [-0.25, -0.2) is 9.78 Å². The summed E-state index contributed by atoms with van der Waals surface area (Å²) in [4.78, 5) is 16.4. The van der Waals surface area contributed by atoms with Crippen molar-refractivity contribution in [3.63, 3.8) is 0 Å². The smallest absolute Gasteiger partial charge is 0.358 e. The van der Waals surface area contributed by atoms with Crippen LogP contribution >= 0.6 is 11.3 Å². The molecule has 0 aromatic carbocycles. The highest BCUT2D eigenvalue weighted by Gasteiger charge is 2.15. The lowest BCUT2D eigenvalue weighted by Gasteiger charge is -1.97. The van der Waals surface area contributed by atoms with Gasteiger partial charge in [-0.2, -0.15) is 0 Å². The van der Waals surface area contributed by atoms with E-state index in [2.05, 4.69) is 10.3 Å². The molecule has 0 saturated heterocycles. The van der Waals surface area contributed by atoms with Gasteiger partial charge >= 0.3 is 5.97 Å². The van der Waals surface area contributed by atoms with Crippen LogP contribution in [0, 0.1) is 6.92 Å². The van der Waals surface area contributed by atoms with E-state index in [0.29, 0.717) is 12.3 Å². The minimum Gasteiger partial charge on any atom is -0.461 e. The molecule has 0 saturated carbocycles. The number of carbonyl (C=O) groups excluding carboxylic acids is 1. The first-order chi connectivity index (χ1) is 6.69. The summed E-state index contributed by atoms with van der Waals surface area (Å²) in [5, 5.41) is 3.84. The maximum Gasteiger partial charge on any atom is 0.358 e. The van der Waals surface area contributed by atoms with Crippen LogP contribution in [0.5, 0.6) is 0 Å². The molecule has 0 spiro atoms. The van der Waals surface area contributed by atoms with E-state index in [1.165, 1.54) is 11.3 Å². The Morgan fingerprint density at radius 3 is 2.86 bits per heavy atom. The number of hydrogen-bond donors (Lipinski definition) is 1. The van der Waals surface area contributed by atoms with Crippen molar-refractivity contribution in [1.29, 1.82) is 0 Å². The van der Waals surface area contributed by atoms with Crippen molar-refractivity contribution in [3.8, 4) is 0 Å². The molecule has 0 radical (unpaired) electrons. The van der Waals surface area contributed by atoms with E-state index >= 15 is 0 Å². The third kappa shape index (κ3) is 2.45. The van der Waals surface area contributed by atoms with Gasteiger partial charge in [0.1, 0.15) is 0 Å². The van der Waals surface area contributed by atoms with Crippen LogP contribution in [0.4, 0.5) is 5.13 Å². The first-order valence-corrected chi connectivity index (χ1v) is 5.39. The van der Waals surface area contributed by atoms with E-state index in [4.69, 9.17) is 4.74 Å². The number of aromatic nitrogens is 1. The van der Waals surface area contributed by atoms with Crippen LogP contribution in [-0.2, 0) is 4.74 Å². The van der Waals surface area contributed by atoms with Crippen LogP contribution in [0.1, 0.15) is 29.2 Å². The Balaban J connectivity index is 2.81. The molecule has 4 nitrogen and oxygen atoms in total. The van der Waals surface area contributed by atoms with Crippen molar-refractivity contribution >= 4 is 22.4 Å². The molecule has 1 rings (SSSR count). The number of esters is 1. The highest BCUT2D eigenvalue weighted by Crippen LogP contribution is 2.22. The SMILES string of the molecule is CCNc1nc(C(=O)OCC)c(C)s1. The summed E-state index contributed by atoms with van der Waals surface area (Å²) in [5.41, 5.74) is 0.424. The Morgan fingerprint density at radius 1 is 1.57 bits per heavy atom. The van der Waals surface area contributed by atoms with Crippen molar-refractivity contribution in [2.24, 2.45) is 0 Å². The molecule has 78 valence electrons. The second-order valence-electron chi connectivity index (χ2n) is 2.67. The summed E-state index contributed by atoms with van der Waals surface area (Å²) in [7, 11) is 0. The van der Waals surface area contributed by atoms with Gasteiger partial charge in [-0.1, -0.05) is 0 Å². The van der Waals surface area contributed by atoms with E-state index < -0.39 is 0 Å². The Labute approximate surface area is 87.3 Å². The quantitative estimate of drug-likeness (QED) is 0.779. The van der Waals surface area contributed by atoms with Gasteiger partial charge in [0, 0.05) is 11.4 Å². The number of ether oxygens (including phenoxy) is 1. The van der Waals surface area contributed by atoms with Gasteiger partial charge in [-0.15, -0.1) is 11.3 Å². The minimum atomic E-state index is -0.342. The fourth-order valence-corrected chi connectivity index (χ4v) is 1.88. The molecule has 1 N–H and O–H groups in total. The Morgan fingerprint density at radius 2 is 2.29 bits per heavy atom. The van der Waals surface area contributed by atoms with Gasteiger partial charge < -0.3 is 10.1 Å². The zero-order valence-corrected chi connectivity index (χ0v) is 9.40. The molecule has 0 atom stereocenters. The van der Waals surface area contributed by atoms with Crippen LogP contribution in [0.15, 0.2) is 0 Å². The number of nitrogens with zero attached hydrogens (tertiary/aromatic N) is 1. The lowest BCUT2D eigenvalue weighted by atomic mass is 10.4. The zero-order valence-electron chi connectivity index (χ0n) is 8.59. The van der Waals surface area contributed by atoms with Crippen LogP contribution in [-0.4, -0.2) is 24.1 Å². The molecular weight excluding hydrogens is 200 g/mol. The number of aryl methyl sites for hydroxylation is 1. The zero-order chi connectivity index (χ0) is 10.6. The van der Waals surface area contributed by atoms with E-state index in [0.717, 1.165) is 16.6 Å². The number of anilines is 1. The first-order valence-electron chi connectivity index (χ1n) is 4.57. The van der Waals surface area contributed by atoms with Gasteiger partial charge in [-0.3, -0.25) is 0 Å². The number of nitrogens with one attached hydrogen (secondary N) is 1. The topological polar surface area (TPSA) is 51.2 Å². The number of rotatable bonds is 4. The van der Waals surface area contributed by atoms with Crippen LogP contribution < -0.4 is 5.32 Å². The number of carbonyl (C=O) groups is 1. The Bertz CT molecular complexity index is 323. The second kappa shape index (κ2) is 4.95. The monoisotopic (exact) mass is 214 g/mol. The molecule has 0 fully saturated rings. The summed E-state index contributed by atoms with van der Waals surface area (Å²) in [6, 6.07) is 0. The molecule has 14 heavy (non-hydrogen) atoms. The lowest BCUT2D eigenvalue weighted by molar-refractivity contribution is 0.0519. The van der Waals surface area contributed by atoms with Gasteiger partial charge in [0.05, 0.1) is 6.61 Å². The standard InChI is InChI=1S/C9H14N2O2S/c1-4-10-9-11-7(6(3)14-9)8(12)13-5-2/h4-5H2,1-3H3,(H,10,11). The molecular formula is C9H14N2O2S. The van der Waals surface area contributed by atoms with Crippen LogP contribution in [0.2, 0.25) is 0 Å². The van der Waals surface area contributed by atoms with Gasteiger partial charge in [0.25, 0.3) is 0 Å². The van der Waals surface area contributed by atoms with E-state index in [1.54, 1.807) is 6.92 Å². The largest absolute Gasteiger partial charge is 0.461 e. The van der Waals surface area contributed by atoms with Gasteiger partial charge in [-0.05, 0) is 20.8 Å². The second-order valence-corrected chi connectivity index (χ2v) is 3.88. The number of hydrogen-bond acceptors (Lipinski definition) is 5. The van der Waals surface area contributed by atoms with E-state index in [9.17, 15) is 4.79 Å². The molecule has 1 aromatic heterocycles. The fraction of sp³-hybridized carbons (Fsp3) is 0.556. The van der Waals surface area contributed by atoms with Crippen LogP contribution in [0.25, 0.3) is 0 Å². The Hall–Kier alpha value is -1.10. The van der Waals surface area contributed by atoms with E-state index in [-0.39, 0.29) is 5.97 Å². The van der Waals surface area contributed by atoms with Gasteiger partial charge in [0.15, 0.2) is 10.8 Å². The van der Waals surface area contributed by atoms with Crippen molar-refractivity contribution < 1.29 is 9.53 Å². The highest BCUT2D eigenvalue weighted by atomic mass is 32.1. The van der Waals surface area contributed by atoms with Crippen molar-refractivity contribution in [3.05, 3.63) is 10.6 Å². The summed E-state index contributed by atoms with van der Waals surface area (Å²) < 4.78 is 4.88. The van der Waals surface area contributed by atoms with Crippen molar-refractivity contribution in [2.75, 3.05) is 18.5 Å². The maximum atomic E-state index is 11.4. The summed E-state index contributed by atoms with van der Waals surface area (Å²) in [6.45, 7) is 6.82. The first kappa shape index (κ1) is 11.0. The maximum absolute atomic E-state index is 11.4. The molecule has 0 bridgehead atoms. The molecule has 0 amide bonds. The Kier molecular flexibility index (Phi) is 3.88. The normalized spacial score (nSPS) is 9.93. The van der Waals surface area contributed by atoms with Crippen molar-refractivity contribution in [2.45, 2.75) is 20.8 Å². The van der Waals surface area contributed by atoms with Crippen molar-refractivity contribution in [1.82, 2.24) is 4.98 Å². The molecule has 1 aromatic rings. The predicted octanol–water partition coefficient (Wildman–Crippen LogP) is 2.06. The third-order valence-electron chi connectivity index (χ3n) is 1.59. The van der Waals surface area contributed by atoms with Crippen LogP contribution in [0.3, 0.4) is 0 Å². The van der Waals surface area contributed by atoms with Gasteiger partial charge in [0.2, 0.25) is 0 Å². The summed E-state index contributed by atoms with van der Waals surface area (Å²) in [6.07, 6.45) is 0. The summed E-state index contributed by atoms with van der Waals surface area (Å²) >= 11 is 1.47. The fourth-order valence-electron chi connectivity index (χ4n) is 1.01. The third-order valence-corrected chi connectivity index (χ3v) is 2.52. The number of thiazole rings is 1. The lowest BCUT2D eigenvalue weighted by Crippen LogP contribution is -2.06.